The number of carbonyl (C=O) groups is 2. The predicted octanol–water partition coefficient (Wildman–Crippen LogP) is 2.29. The van der Waals surface area contributed by atoms with Gasteiger partial charge in [-0.25, -0.2) is 0 Å². The first-order chi connectivity index (χ1) is 13.9. The van der Waals surface area contributed by atoms with E-state index in [1.807, 2.05) is 25.7 Å². The van der Waals surface area contributed by atoms with Crippen molar-refractivity contribution in [3.8, 4) is 5.75 Å². The summed E-state index contributed by atoms with van der Waals surface area (Å²) in [6.45, 7) is 6.97. The molecule has 8 nitrogen and oxygen atoms in total. The average Bonchev–Trinajstić information content (AvgIpc) is 3.05. The molecule has 0 unspecified atom stereocenters. The number of nitrogens with zero attached hydrogens (tertiary/aromatic N) is 3. The number of pyridine rings is 1. The van der Waals surface area contributed by atoms with Gasteiger partial charge in [0.15, 0.2) is 0 Å². The van der Waals surface area contributed by atoms with Crippen LogP contribution in [0.2, 0.25) is 0 Å². The highest BCUT2D eigenvalue weighted by molar-refractivity contribution is 5.92. The molecule has 2 aromatic rings. The Balaban J connectivity index is 1.61. The van der Waals surface area contributed by atoms with E-state index >= 15 is 0 Å². The van der Waals surface area contributed by atoms with Crippen molar-refractivity contribution >= 4 is 11.8 Å². The van der Waals surface area contributed by atoms with Crippen LogP contribution in [0.3, 0.4) is 0 Å². The topological polar surface area (TPSA) is 97.6 Å². The highest BCUT2D eigenvalue weighted by Gasteiger charge is 2.29. The van der Waals surface area contributed by atoms with Crippen LogP contribution in [0.25, 0.3) is 0 Å². The Morgan fingerprint density at radius 3 is 2.90 bits per heavy atom. The zero-order valence-electron chi connectivity index (χ0n) is 17.4. The van der Waals surface area contributed by atoms with Crippen LogP contribution in [-0.4, -0.2) is 53.1 Å². The Bertz CT molecular complexity index is 860. The van der Waals surface area contributed by atoms with Crippen LogP contribution in [0.5, 0.6) is 5.75 Å². The summed E-state index contributed by atoms with van der Waals surface area (Å²) < 4.78 is 11.3. The molecule has 29 heavy (non-hydrogen) atoms. The number of ether oxygens (including phenoxy) is 1. The molecule has 8 heteroatoms. The van der Waals surface area contributed by atoms with Gasteiger partial charge < -0.3 is 19.5 Å². The standard InChI is InChI=1S/C21H28N4O4/c1-13(10-18-14(2)24-29-15(18)3)21(27)25-9-5-6-17(12-25)28-16-7-8-23-19(11-16)20(26)22-4/h7-8,11,13,17H,5-6,9-10,12H2,1-4H3,(H,22,26)/t13-,17-/m0/s1. The van der Waals surface area contributed by atoms with Crippen molar-refractivity contribution in [2.75, 3.05) is 20.1 Å². The maximum Gasteiger partial charge on any atom is 0.269 e. The molecule has 3 heterocycles. The van der Waals surface area contributed by atoms with E-state index in [4.69, 9.17) is 9.26 Å². The molecule has 2 atom stereocenters. The molecule has 3 rings (SSSR count). The molecule has 0 spiro atoms. The third-order valence-corrected chi connectivity index (χ3v) is 5.30. The average molecular weight is 400 g/mol. The summed E-state index contributed by atoms with van der Waals surface area (Å²) in [6, 6.07) is 3.35. The molecule has 156 valence electrons. The number of likely N-dealkylation sites (tertiary alicyclic amines) is 1. The van der Waals surface area contributed by atoms with Crippen LogP contribution in [0.4, 0.5) is 0 Å². The van der Waals surface area contributed by atoms with Crippen molar-refractivity contribution in [3.63, 3.8) is 0 Å². The summed E-state index contributed by atoms with van der Waals surface area (Å²) in [5, 5.41) is 6.52. The maximum absolute atomic E-state index is 13.0. The number of rotatable bonds is 6. The van der Waals surface area contributed by atoms with Gasteiger partial charge in [-0.05, 0) is 39.2 Å². The fourth-order valence-electron chi connectivity index (χ4n) is 3.66. The first-order valence-electron chi connectivity index (χ1n) is 9.94. The number of aromatic nitrogens is 2. The minimum atomic E-state index is -0.260. The van der Waals surface area contributed by atoms with Crippen LogP contribution in [0.1, 0.15) is 47.3 Å². The van der Waals surface area contributed by atoms with E-state index in [1.54, 1.807) is 25.4 Å². The molecular formula is C21H28N4O4. The summed E-state index contributed by atoms with van der Waals surface area (Å²) in [6.07, 6.45) is 3.79. The summed E-state index contributed by atoms with van der Waals surface area (Å²) in [5.41, 5.74) is 2.16. The lowest BCUT2D eigenvalue weighted by Gasteiger charge is -2.34. The number of carbonyl (C=O) groups excluding carboxylic acids is 2. The number of piperidine rings is 1. The van der Waals surface area contributed by atoms with Gasteiger partial charge in [0, 0.05) is 37.3 Å². The number of amides is 2. The van der Waals surface area contributed by atoms with E-state index in [0.717, 1.165) is 36.4 Å². The SMILES string of the molecule is CNC(=O)c1cc(O[C@H]2CCCN(C(=O)[C@@H](C)Cc3c(C)noc3C)C2)ccn1. The zero-order chi connectivity index (χ0) is 21.0. The summed E-state index contributed by atoms with van der Waals surface area (Å²) in [7, 11) is 1.56. The Morgan fingerprint density at radius 1 is 1.41 bits per heavy atom. The Hall–Kier alpha value is -2.90. The number of hydrogen-bond acceptors (Lipinski definition) is 6. The van der Waals surface area contributed by atoms with E-state index in [1.165, 1.54) is 0 Å². The van der Waals surface area contributed by atoms with Crippen LogP contribution < -0.4 is 10.1 Å². The Morgan fingerprint density at radius 2 is 2.21 bits per heavy atom. The highest BCUT2D eigenvalue weighted by Crippen LogP contribution is 2.22. The minimum absolute atomic E-state index is 0.110. The third kappa shape index (κ3) is 4.93. The smallest absolute Gasteiger partial charge is 0.269 e. The van der Waals surface area contributed by atoms with Gasteiger partial charge >= 0.3 is 0 Å². The molecule has 1 fully saturated rings. The monoisotopic (exact) mass is 400 g/mol. The van der Waals surface area contributed by atoms with Gasteiger partial charge in [0.25, 0.3) is 5.91 Å². The molecule has 0 aliphatic carbocycles. The van der Waals surface area contributed by atoms with Crippen LogP contribution >= 0.6 is 0 Å². The lowest BCUT2D eigenvalue weighted by molar-refractivity contribution is -0.137. The van der Waals surface area contributed by atoms with Gasteiger partial charge in [-0.3, -0.25) is 14.6 Å². The molecule has 0 bridgehead atoms. The van der Waals surface area contributed by atoms with Gasteiger partial charge in [0.05, 0.1) is 12.2 Å². The molecule has 0 aromatic carbocycles. The summed E-state index contributed by atoms with van der Waals surface area (Å²) >= 11 is 0. The predicted molar refractivity (Wildman–Crippen MR) is 107 cm³/mol. The molecule has 1 aliphatic rings. The fourth-order valence-corrected chi connectivity index (χ4v) is 3.66. The molecule has 1 saturated heterocycles. The quantitative estimate of drug-likeness (QED) is 0.799. The van der Waals surface area contributed by atoms with Crippen LogP contribution in [-0.2, 0) is 11.2 Å². The molecule has 1 N–H and O–H groups in total. The molecule has 1 aliphatic heterocycles. The largest absolute Gasteiger partial charge is 0.488 e. The second-order valence-electron chi connectivity index (χ2n) is 7.53. The Labute approximate surface area is 170 Å². The van der Waals surface area contributed by atoms with Crippen molar-refractivity contribution in [3.05, 3.63) is 41.0 Å². The molecule has 0 saturated carbocycles. The van der Waals surface area contributed by atoms with Crippen molar-refractivity contribution in [1.29, 1.82) is 0 Å². The Kier molecular flexibility index (Phi) is 6.51. The van der Waals surface area contributed by atoms with Crippen molar-refractivity contribution in [1.82, 2.24) is 20.4 Å². The summed E-state index contributed by atoms with van der Waals surface area (Å²) in [4.78, 5) is 30.7. The molecule has 2 aromatic heterocycles. The first kappa shape index (κ1) is 20.8. The maximum atomic E-state index is 13.0. The van der Waals surface area contributed by atoms with Crippen LogP contribution in [0, 0.1) is 19.8 Å². The van der Waals surface area contributed by atoms with E-state index in [0.29, 0.717) is 24.4 Å². The fraction of sp³-hybridized carbons (Fsp3) is 0.524. The lowest BCUT2D eigenvalue weighted by Crippen LogP contribution is -2.46. The van der Waals surface area contributed by atoms with E-state index < -0.39 is 0 Å². The lowest BCUT2D eigenvalue weighted by atomic mass is 9.97. The van der Waals surface area contributed by atoms with Gasteiger partial charge in [-0.1, -0.05) is 12.1 Å². The normalized spacial score (nSPS) is 17.7. The number of hydrogen-bond donors (Lipinski definition) is 1. The van der Waals surface area contributed by atoms with E-state index in [9.17, 15) is 9.59 Å². The highest BCUT2D eigenvalue weighted by atomic mass is 16.5. The minimum Gasteiger partial charge on any atom is -0.488 e. The number of aryl methyl sites for hydroxylation is 2. The van der Waals surface area contributed by atoms with Crippen molar-refractivity contribution in [2.24, 2.45) is 5.92 Å². The second-order valence-corrected chi connectivity index (χ2v) is 7.53. The molecule has 0 radical (unpaired) electrons. The van der Waals surface area contributed by atoms with E-state index in [2.05, 4.69) is 15.5 Å². The van der Waals surface area contributed by atoms with Gasteiger partial charge in [-0.2, -0.15) is 0 Å². The number of nitrogens with one attached hydrogen (secondary N) is 1. The molecule has 2 amide bonds. The second kappa shape index (κ2) is 9.07. The zero-order valence-corrected chi connectivity index (χ0v) is 17.4. The van der Waals surface area contributed by atoms with Crippen LogP contribution in [0.15, 0.2) is 22.9 Å². The van der Waals surface area contributed by atoms with Crippen molar-refractivity contribution in [2.45, 2.75) is 46.1 Å². The van der Waals surface area contributed by atoms with Gasteiger partial charge in [0.1, 0.15) is 23.3 Å². The molecular weight excluding hydrogens is 372 g/mol. The van der Waals surface area contributed by atoms with Gasteiger partial charge in [-0.15, -0.1) is 0 Å². The first-order valence-corrected chi connectivity index (χ1v) is 9.94. The third-order valence-electron chi connectivity index (χ3n) is 5.30. The van der Waals surface area contributed by atoms with Gasteiger partial charge in [0.2, 0.25) is 5.91 Å². The summed E-state index contributed by atoms with van der Waals surface area (Å²) in [5.74, 6) is 1.04. The van der Waals surface area contributed by atoms with Crippen molar-refractivity contribution < 1.29 is 18.8 Å². The van der Waals surface area contributed by atoms with E-state index in [-0.39, 0.29) is 23.8 Å².